The lowest BCUT2D eigenvalue weighted by molar-refractivity contribution is -0.144. The molecule has 7 nitrogen and oxygen atoms in total. The second-order valence-electron chi connectivity index (χ2n) is 6.00. The molecule has 0 aliphatic carbocycles. The zero-order valence-corrected chi connectivity index (χ0v) is 15.6. The SMILES string of the molecule is Cc1cc(COc2cc(-n3c(=O)cc(C(F)(F)F)n(C)c3=O)c(F)cc2Cl)on1. The molecule has 0 saturated heterocycles. The van der Waals surface area contributed by atoms with Gasteiger partial charge in [-0.25, -0.2) is 13.8 Å². The van der Waals surface area contributed by atoms with Crippen LogP contribution in [0, 0.1) is 12.7 Å². The molecule has 3 rings (SSSR count). The third-order valence-corrected chi connectivity index (χ3v) is 4.19. The molecular formula is C17H12ClF4N3O4. The van der Waals surface area contributed by atoms with Crippen LogP contribution in [0.1, 0.15) is 17.1 Å². The minimum atomic E-state index is -4.94. The number of aromatic nitrogens is 3. The van der Waals surface area contributed by atoms with Crippen molar-refractivity contribution in [2.45, 2.75) is 19.7 Å². The average molecular weight is 434 g/mol. The Morgan fingerprint density at radius 1 is 1.21 bits per heavy atom. The van der Waals surface area contributed by atoms with Gasteiger partial charge in [0.15, 0.2) is 5.76 Å². The van der Waals surface area contributed by atoms with Crippen molar-refractivity contribution in [2.75, 3.05) is 0 Å². The van der Waals surface area contributed by atoms with Gasteiger partial charge in [-0.05, 0) is 13.0 Å². The van der Waals surface area contributed by atoms with Crippen molar-refractivity contribution in [2.24, 2.45) is 7.05 Å². The average Bonchev–Trinajstić information content (AvgIpc) is 3.03. The smallest absolute Gasteiger partial charge is 0.431 e. The summed E-state index contributed by atoms with van der Waals surface area (Å²) in [6.45, 7) is 1.54. The Hall–Kier alpha value is -3.08. The summed E-state index contributed by atoms with van der Waals surface area (Å²) >= 11 is 5.93. The minimum Gasteiger partial charge on any atom is -0.484 e. The molecule has 0 bridgehead atoms. The Balaban J connectivity index is 2.08. The lowest BCUT2D eigenvalue weighted by Crippen LogP contribution is -2.41. The van der Waals surface area contributed by atoms with E-state index in [4.69, 9.17) is 20.9 Å². The standard InChI is InChI=1S/C17H12ClF4N3O4/c1-8-3-9(29-23-8)7-28-13-5-12(11(19)4-10(13)18)25-15(26)6-14(17(20,21)22)24(2)16(25)27/h3-6H,7H2,1-2H3. The zero-order chi connectivity index (χ0) is 21.5. The molecule has 1 aromatic carbocycles. The summed E-state index contributed by atoms with van der Waals surface area (Å²) in [5, 5.41) is 3.48. The van der Waals surface area contributed by atoms with Gasteiger partial charge in [-0.2, -0.15) is 13.2 Å². The van der Waals surface area contributed by atoms with Crippen molar-refractivity contribution in [1.82, 2.24) is 14.3 Å². The summed E-state index contributed by atoms with van der Waals surface area (Å²) in [5.74, 6) is -0.894. The first-order chi connectivity index (χ1) is 13.5. The van der Waals surface area contributed by atoms with Gasteiger partial charge in [0, 0.05) is 25.2 Å². The molecule has 0 aliphatic heterocycles. The van der Waals surface area contributed by atoms with E-state index in [1.807, 2.05) is 0 Å². The van der Waals surface area contributed by atoms with Crippen LogP contribution < -0.4 is 16.0 Å². The molecule has 0 amide bonds. The van der Waals surface area contributed by atoms with E-state index in [0.29, 0.717) is 11.5 Å². The largest absolute Gasteiger partial charge is 0.484 e. The molecule has 3 aromatic rings. The fourth-order valence-electron chi connectivity index (χ4n) is 2.55. The number of aryl methyl sites for hydroxylation is 1. The quantitative estimate of drug-likeness (QED) is 0.590. The second-order valence-corrected chi connectivity index (χ2v) is 6.41. The first-order valence-electron chi connectivity index (χ1n) is 7.93. The van der Waals surface area contributed by atoms with Gasteiger partial charge in [-0.15, -0.1) is 0 Å². The first-order valence-corrected chi connectivity index (χ1v) is 8.31. The molecule has 0 unspecified atom stereocenters. The van der Waals surface area contributed by atoms with Crippen LogP contribution in [0.3, 0.4) is 0 Å². The molecule has 0 fully saturated rings. The van der Waals surface area contributed by atoms with Crippen LogP contribution in [0.4, 0.5) is 17.6 Å². The Bertz CT molecular complexity index is 1200. The van der Waals surface area contributed by atoms with E-state index in [9.17, 15) is 27.2 Å². The van der Waals surface area contributed by atoms with Crippen molar-refractivity contribution in [3.8, 4) is 11.4 Å². The number of alkyl halides is 3. The van der Waals surface area contributed by atoms with Gasteiger partial charge in [0.1, 0.15) is 23.9 Å². The highest BCUT2D eigenvalue weighted by Crippen LogP contribution is 2.30. The van der Waals surface area contributed by atoms with Crippen molar-refractivity contribution in [3.63, 3.8) is 0 Å². The van der Waals surface area contributed by atoms with E-state index in [-0.39, 0.29) is 32.6 Å². The van der Waals surface area contributed by atoms with Crippen LogP contribution >= 0.6 is 11.6 Å². The zero-order valence-electron chi connectivity index (χ0n) is 14.9. The normalized spacial score (nSPS) is 11.7. The third kappa shape index (κ3) is 4.04. The van der Waals surface area contributed by atoms with Crippen molar-refractivity contribution in [3.05, 3.63) is 73.1 Å². The fourth-order valence-corrected chi connectivity index (χ4v) is 2.76. The lowest BCUT2D eigenvalue weighted by Gasteiger charge is -2.15. The molecule has 2 heterocycles. The number of benzene rings is 1. The van der Waals surface area contributed by atoms with E-state index in [1.165, 1.54) is 0 Å². The highest BCUT2D eigenvalue weighted by molar-refractivity contribution is 6.32. The van der Waals surface area contributed by atoms with Gasteiger partial charge in [-0.3, -0.25) is 9.36 Å². The highest BCUT2D eigenvalue weighted by Gasteiger charge is 2.35. The van der Waals surface area contributed by atoms with Crippen molar-refractivity contribution in [1.29, 1.82) is 0 Å². The van der Waals surface area contributed by atoms with Gasteiger partial charge in [0.05, 0.1) is 16.4 Å². The molecule has 0 saturated carbocycles. The minimum absolute atomic E-state index is 0.119. The summed E-state index contributed by atoms with van der Waals surface area (Å²) < 4.78 is 64.1. The molecule has 12 heteroatoms. The van der Waals surface area contributed by atoms with Crippen LogP contribution in [0.15, 0.2) is 38.4 Å². The molecule has 29 heavy (non-hydrogen) atoms. The number of rotatable bonds is 4. The van der Waals surface area contributed by atoms with Gasteiger partial charge in [0.2, 0.25) is 0 Å². The summed E-state index contributed by atoms with van der Waals surface area (Å²) in [6, 6.07) is 3.50. The maximum atomic E-state index is 14.4. The highest BCUT2D eigenvalue weighted by atomic mass is 35.5. The summed E-state index contributed by atoms with van der Waals surface area (Å²) in [5.41, 5.74) is -4.23. The number of ether oxygens (including phenoxy) is 1. The number of nitrogens with zero attached hydrogens (tertiary/aromatic N) is 3. The first kappa shape index (κ1) is 20.6. The molecule has 0 radical (unpaired) electrons. The Kier molecular flexibility index (Phi) is 5.26. The summed E-state index contributed by atoms with van der Waals surface area (Å²) in [6.07, 6.45) is -4.94. The summed E-state index contributed by atoms with van der Waals surface area (Å²) in [4.78, 5) is 24.5. The maximum Gasteiger partial charge on any atom is 0.431 e. The molecule has 154 valence electrons. The second kappa shape index (κ2) is 7.39. The third-order valence-electron chi connectivity index (χ3n) is 3.90. The van der Waals surface area contributed by atoms with E-state index in [2.05, 4.69) is 5.16 Å². The number of halogens is 5. The molecule has 0 aliphatic rings. The van der Waals surface area contributed by atoms with Crippen molar-refractivity contribution < 1.29 is 26.8 Å². The van der Waals surface area contributed by atoms with Gasteiger partial charge in [-0.1, -0.05) is 16.8 Å². The monoisotopic (exact) mass is 433 g/mol. The molecule has 2 aromatic heterocycles. The number of hydrogen-bond donors (Lipinski definition) is 0. The Morgan fingerprint density at radius 3 is 2.48 bits per heavy atom. The van der Waals surface area contributed by atoms with E-state index in [1.54, 1.807) is 13.0 Å². The predicted molar refractivity (Wildman–Crippen MR) is 92.8 cm³/mol. The van der Waals surface area contributed by atoms with Crippen LogP contribution in [-0.4, -0.2) is 14.3 Å². The van der Waals surface area contributed by atoms with Crippen LogP contribution in [0.25, 0.3) is 5.69 Å². The summed E-state index contributed by atoms with van der Waals surface area (Å²) in [7, 11) is 0.818. The van der Waals surface area contributed by atoms with Gasteiger partial charge >= 0.3 is 11.9 Å². The predicted octanol–water partition coefficient (Wildman–Crippen LogP) is 3.22. The van der Waals surface area contributed by atoms with E-state index < -0.39 is 34.6 Å². The Labute approximate surface area is 164 Å². The van der Waals surface area contributed by atoms with Crippen LogP contribution in [-0.2, 0) is 19.8 Å². The van der Waals surface area contributed by atoms with Crippen molar-refractivity contribution >= 4 is 11.6 Å². The van der Waals surface area contributed by atoms with Gasteiger partial charge < -0.3 is 9.26 Å². The molecule has 0 atom stereocenters. The van der Waals surface area contributed by atoms with Gasteiger partial charge in [0.25, 0.3) is 5.56 Å². The fraction of sp³-hybridized carbons (Fsp3) is 0.235. The molecular weight excluding hydrogens is 422 g/mol. The van der Waals surface area contributed by atoms with E-state index >= 15 is 0 Å². The lowest BCUT2D eigenvalue weighted by atomic mass is 10.2. The topological polar surface area (TPSA) is 79.3 Å². The van der Waals surface area contributed by atoms with Crippen LogP contribution in [0.5, 0.6) is 5.75 Å². The Morgan fingerprint density at radius 2 is 1.90 bits per heavy atom. The van der Waals surface area contributed by atoms with E-state index in [0.717, 1.165) is 19.2 Å². The molecule has 0 spiro atoms. The maximum absolute atomic E-state index is 14.4. The van der Waals surface area contributed by atoms with Crippen LogP contribution in [0.2, 0.25) is 5.02 Å². The number of hydrogen-bond acceptors (Lipinski definition) is 5. The molecule has 0 N–H and O–H groups in total.